The molecule has 0 bridgehead atoms. The molecular weight excluding hydrogens is 550 g/mol. The van der Waals surface area contributed by atoms with Crippen LogP contribution >= 0.6 is 0 Å². The predicted octanol–water partition coefficient (Wildman–Crippen LogP) is 5.93. The highest BCUT2D eigenvalue weighted by molar-refractivity contribution is 6.52. The fourth-order valence-corrected chi connectivity index (χ4v) is 5.17. The minimum Gasteiger partial charge on any atom is -0.507 e. The third-order valence-electron chi connectivity index (χ3n) is 7.27. The monoisotopic (exact) mass is 581 g/mol. The van der Waals surface area contributed by atoms with Gasteiger partial charge in [-0.25, -0.2) is 0 Å². The number of Topliss-reactive ketones (excluding diaryl/α,β-unsaturated/α-hetero) is 1. The molecule has 5 rings (SSSR count). The number of aromatic hydroxyl groups is 1. The van der Waals surface area contributed by atoms with Crippen LogP contribution in [0.3, 0.4) is 0 Å². The summed E-state index contributed by atoms with van der Waals surface area (Å²) in [6.45, 7) is 2.19. The van der Waals surface area contributed by atoms with Crippen LogP contribution in [0.2, 0.25) is 0 Å². The van der Waals surface area contributed by atoms with Gasteiger partial charge in [0.25, 0.3) is 11.7 Å². The molecule has 1 aliphatic rings. The third-order valence-corrected chi connectivity index (χ3v) is 7.27. The molecule has 9 heteroatoms. The summed E-state index contributed by atoms with van der Waals surface area (Å²) < 4.78 is 22.5. The van der Waals surface area contributed by atoms with E-state index in [2.05, 4.69) is 0 Å². The number of anilines is 1. The van der Waals surface area contributed by atoms with Crippen LogP contribution in [-0.4, -0.2) is 43.2 Å². The molecule has 0 radical (unpaired) electrons. The summed E-state index contributed by atoms with van der Waals surface area (Å²) in [7, 11) is 4.36. The molecule has 1 fully saturated rings. The Morgan fingerprint density at radius 3 is 2.07 bits per heavy atom. The van der Waals surface area contributed by atoms with Gasteiger partial charge in [-0.15, -0.1) is 0 Å². The van der Waals surface area contributed by atoms with E-state index < -0.39 is 17.7 Å². The van der Waals surface area contributed by atoms with Gasteiger partial charge in [-0.05, 0) is 66.1 Å². The Hall–Kier alpha value is -5.44. The van der Waals surface area contributed by atoms with Crippen LogP contribution in [0, 0.1) is 6.92 Å². The van der Waals surface area contributed by atoms with Crippen LogP contribution in [0.1, 0.15) is 28.3 Å². The number of rotatable bonds is 9. The lowest BCUT2D eigenvalue weighted by Gasteiger charge is -2.27. The second kappa shape index (κ2) is 12.2. The molecule has 0 spiro atoms. The molecule has 2 N–H and O–H groups in total. The van der Waals surface area contributed by atoms with Crippen LogP contribution in [-0.2, 0) is 16.2 Å². The average Bonchev–Trinajstić information content (AvgIpc) is 3.29. The van der Waals surface area contributed by atoms with E-state index in [1.165, 1.54) is 33.5 Å². The van der Waals surface area contributed by atoms with Crippen LogP contribution in [0.25, 0.3) is 5.76 Å². The maximum atomic E-state index is 13.6. The maximum Gasteiger partial charge on any atom is 0.300 e. The molecule has 1 saturated heterocycles. The number of methoxy groups -OCH3 is 3. The fraction of sp³-hybridized carbons (Fsp3) is 0.176. The topological polar surface area (TPSA) is 115 Å². The van der Waals surface area contributed by atoms with Crippen molar-refractivity contribution in [1.82, 2.24) is 0 Å². The Morgan fingerprint density at radius 1 is 0.814 bits per heavy atom. The number of carbonyl (C=O) groups excluding carboxylic acids is 2. The zero-order valence-corrected chi connectivity index (χ0v) is 24.2. The largest absolute Gasteiger partial charge is 0.507 e. The van der Waals surface area contributed by atoms with Crippen molar-refractivity contribution < 1.29 is 38.7 Å². The van der Waals surface area contributed by atoms with E-state index in [9.17, 15) is 19.8 Å². The van der Waals surface area contributed by atoms with Crippen molar-refractivity contribution in [3.8, 4) is 28.7 Å². The Labute approximate surface area is 249 Å². The van der Waals surface area contributed by atoms with Crippen molar-refractivity contribution in [2.45, 2.75) is 19.6 Å². The first-order valence-corrected chi connectivity index (χ1v) is 13.5. The number of amides is 1. The van der Waals surface area contributed by atoms with Gasteiger partial charge in [-0.2, -0.15) is 0 Å². The Morgan fingerprint density at radius 2 is 1.47 bits per heavy atom. The number of aliphatic hydroxyl groups excluding tert-OH is 1. The van der Waals surface area contributed by atoms with Crippen molar-refractivity contribution in [1.29, 1.82) is 0 Å². The molecule has 43 heavy (non-hydrogen) atoms. The van der Waals surface area contributed by atoms with E-state index in [4.69, 9.17) is 18.9 Å². The number of ketones is 1. The number of phenols is 1. The number of aryl methyl sites for hydroxylation is 1. The molecule has 1 aliphatic heterocycles. The van der Waals surface area contributed by atoms with E-state index in [0.29, 0.717) is 29.2 Å². The first kappa shape index (κ1) is 29.1. The highest BCUT2D eigenvalue weighted by atomic mass is 16.5. The van der Waals surface area contributed by atoms with Gasteiger partial charge in [0.2, 0.25) is 5.75 Å². The van der Waals surface area contributed by atoms with E-state index in [1.54, 1.807) is 42.5 Å². The number of phenolic OH excluding ortho intramolecular Hbond substituents is 1. The molecule has 1 unspecified atom stereocenters. The average molecular weight is 582 g/mol. The number of benzene rings is 4. The van der Waals surface area contributed by atoms with Crippen molar-refractivity contribution in [2.75, 3.05) is 26.2 Å². The second-order valence-electron chi connectivity index (χ2n) is 9.87. The molecule has 1 atom stereocenters. The Balaban J connectivity index is 1.64. The van der Waals surface area contributed by atoms with Crippen molar-refractivity contribution in [3.05, 3.63) is 113 Å². The number of hydrogen-bond acceptors (Lipinski definition) is 8. The third kappa shape index (κ3) is 5.44. The number of aliphatic hydroxyl groups is 1. The molecule has 220 valence electrons. The van der Waals surface area contributed by atoms with Crippen LogP contribution in [0.15, 0.2) is 90.5 Å². The van der Waals surface area contributed by atoms with Gasteiger partial charge < -0.3 is 29.2 Å². The van der Waals surface area contributed by atoms with Gasteiger partial charge in [-0.1, -0.05) is 42.5 Å². The number of para-hydroxylation sites is 2. The zero-order chi connectivity index (χ0) is 30.7. The summed E-state index contributed by atoms with van der Waals surface area (Å²) in [5.74, 6) is -0.926. The number of hydrogen-bond donors (Lipinski definition) is 2. The van der Waals surface area contributed by atoms with E-state index >= 15 is 0 Å². The lowest BCUT2D eigenvalue weighted by Crippen LogP contribution is -2.29. The Kier molecular flexibility index (Phi) is 8.25. The Bertz CT molecular complexity index is 1690. The number of ether oxygens (including phenoxy) is 4. The first-order valence-electron chi connectivity index (χ1n) is 13.5. The van der Waals surface area contributed by atoms with Crippen molar-refractivity contribution >= 4 is 23.1 Å². The molecule has 9 nitrogen and oxygen atoms in total. The SMILES string of the molecule is COc1cc(C2/C(=C(\O)c3ccc(OCc4ccccc4)c(C)c3)C(=O)C(=O)N2c2ccccc2O)cc(OC)c1OC. The van der Waals surface area contributed by atoms with E-state index in [-0.39, 0.29) is 34.3 Å². The highest BCUT2D eigenvalue weighted by Gasteiger charge is 2.48. The van der Waals surface area contributed by atoms with E-state index in [0.717, 1.165) is 16.0 Å². The van der Waals surface area contributed by atoms with Gasteiger partial charge in [0.1, 0.15) is 23.9 Å². The molecule has 0 saturated carbocycles. The summed E-state index contributed by atoms with van der Waals surface area (Å²) in [6.07, 6.45) is 0. The van der Waals surface area contributed by atoms with Crippen LogP contribution in [0.5, 0.6) is 28.7 Å². The number of nitrogens with zero attached hydrogens (tertiary/aromatic N) is 1. The lowest BCUT2D eigenvalue weighted by atomic mass is 9.94. The van der Waals surface area contributed by atoms with Gasteiger partial charge >= 0.3 is 0 Å². The lowest BCUT2D eigenvalue weighted by molar-refractivity contribution is -0.132. The van der Waals surface area contributed by atoms with Crippen molar-refractivity contribution in [3.63, 3.8) is 0 Å². The smallest absolute Gasteiger partial charge is 0.300 e. The van der Waals surface area contributed by atoms with Gasteiger partial charge in [0, 0.05) is 5.56 Å². The van der Waals surface area contributed by atoms with E-state index in [1.807, 2.05) is 37.3 Å². The summed E-state index contributed by atoms with van der Waals surface area (Å²) in [4.78, 5) is 28.4. The summed E-state index contributed by atoms with van der Waals surface area (Å²) in [6, 6.07) is 23.0. The van der Waals surface area contributed by atoms with Gasteiger partial charge in [-0.3, -0.25) is 14.5 Å². The standard InChI is InChI=1S/C34H31NO8/c1-20-16-22(14-15-26(20)43-19-21-10-6-5-7-11-21)31(37)29-30(23-17-27(40-2)33(42-4)28(18-23)41-3)35(34(39)32(29)38)24-12-8-9-13-25(24)36/h5-18,30,36-37H,19H2,1-4H3/b31-29+. The predicted molar refractivity (Wildman–Crippen MR) is 161 cm³/mol. The molecule has 1 amide bonds. The molecular formula is C34H31NO8. The molecule has 0 aromatic heterocycles. The molecule has 1 heterocycles. The van der Waals surface area contributed by atoms with Crippen LogP contribution in [0.4, 0.5) is 5.69 Å². The normalized spacial score (nSPS) is 15.8. The summed E-state index contributed by atoms with van der Waals surface area (Å²) in [5.41, 5.74) is 2.36. The second-order valence-corrected chi connectivity index (χ2v) is 9.87. The van der Waals surface area contributed by atoms with Crippen LogP contribution < -0.4 is 23.8 Å². The zero-order valence-electron chi connectivity index (χ0n) is 24.2. The minimum atomic E-state index is -1.14. The van der Waals surface area contributed by atoms with Gasteiger partial charge in [0.05, 0.1) is 38.6 Å². The highest BCUT2D eigenvalue weighted by Crippen LogP contribution is 2.48. The summed E-state index contributed by atoms with van der Waals surface area (Å²) >= 11 is 0. The maximum absolute atomic E-state index is 13.6. The molecule has 4 aromatic carbocycles. The van der Waals surface area contributed by atoms with Gasteiger partial charge in [0.15, 0.2) is 11.5 Å². The fourth-order valence-electron chi connectivity index (χ4n) is 5.17. The quantitative estimate of drug-likeness (QED) is 0.142. The minimum absolute atomic E-state index is 0.100. The first-order chi connectivity index (χ1) is 20.8. The summed E-state index contributed by atoms with van der Waals surface area (Å²) in [5, 5.41) is 22.3. The van der Waals surface area contributed by atoms with Crippen molar-refractivity contribution in [2.24, 2.45) is 0 Å². The number of carbonyl (C=O) groups is 2. The molecule has 4 aromatic rings. The molecule has 0 aliphatic carbocycles.